The average molecular weight is 336 g/mol. The molecule has 3 unspecified atom stereocenters. The largest absolute Gasteiger partial charge is 0.247 e. The van der Waals surface area contributed by atoms with E-state index in [2.05, 4.69) is 62.0 Å². The fraction of sp³-hybridized carbons (Fsp3) is 0.417. The highest BCUT2D eigenvalue weighted by Gasteiger charge is 2.32. The van der Waals surface area contributed by atoms with E-state index in [1.165, 1.54) is 16.7 Å². The lowest BCUT2D eigenvalue weighted by Crippen LogP contribution is -2.23. The van der Waals surface area contributed by atoms with Gasteiger partial charge in [-0.3, -0.25) is 0 Å². The van der Waals surface area contributed by atoms with Crippen molar-refractivity contribution in [2.45, 2.75) is 63.5 Å². The van der Waals surface area contributed by atoms with Crippen molar-refractivity contribution >= 4 is 0 Å². The lowest BCUT2D eigenvalue weighted by atomic mass is 9.75. The Hall–Kier alpha value is -1.89. The molecule has 2 aromatic rings. The third kappa shape index (κ3) is 4.39. The molecule has 1 fully saturated rings. The van der Waals surface area contributed by atoms with Gasteiger partial charge in [0.15, 0.2) is 0 Å². The minimum Gasteiger partial charge on any atom is -0.247 e. The molecule has 0 spiro atoms. The summed E-state index contributed by atoms with van der Waals surface area (Å²) in [6.07, 6.45) is 6.93. The van der Waals surface area contributed by atoms with Crippen LogP contribution in [0.3, 0.4) is 0 Å². The summed E-state index contributed by atoms with van der Waals surface area (Å²) in [7, 11) is 0. The van der Waals surface area contributed by atoms with E-state index in [-0.39, 0.29) is 5.92 Å². The predicted molar refractivity (Wildman–Crippen MR) is 105 cm³/mol. The Morgan fingerprint density at radius 1 is 0.960 bits per heavy atom. The van der Waals surface area contributed by atoms with E-state index in [0.29, 0.717) is 12.3 Å². The fourth-order valence-corrected chi connectivity index (χ4v) is 4.02. The molecule has 1 aliphatic rings. The molecule has 2 aromatic carbocycles. The number of aryl methyl sites for hydroxylation is 2. The molecule has 0 amide bonds. The summed E-state index contributed by atoms with van der Waals surface area (Å²) in [5.41, 5.74) is 5.13. The van der Waals surface area contributed by atoms with E-state index in [1.54, 1.807) is 0 Å². The fourth-order valence-electron chi connectivity index (χ4n) is 4.02. The highest BCUT2D eigenvalue weighted by atomic mass is 19.1. The van der Waals surface area contributed by atoms with Gasteiger partial charge in [0, 0.05) is 5.92 Å². The van der Waals surface area contributed by atoms with Gasteiger partial charge in [-0.15, -0.1) is 6.58 Å². The summed E-state index contributed by atoms with van der Waals surface area (Å²) in [6, 6.07) is 17.4. The van der Waals surface area contributed by atoms with E-state index >= 15 is 0 Å². The number of benzene rings is 2. The van der Waals surface area contributed by atoms with Crippen molar-refractivity contribution in [2.75, 3.05) is 0 Å². The molecule has 0 nitrogen and oxygen atoms in total. The summed E-state index contributed by atoms with van der Waals surface area (Å²) >= 11 is 0. The second-order valence-corrected chi connectivity index (χ2v) is 7.30. The Balaban J connectivity index is 1.63. The molecule has 0 bridgehead atoms. The summed E-state index contributed by atoms with van der Waals surface area (Å²) in [5.74, 6) is 0.420. The molecule has 3 atom stereocenters. The van der Waals surface area contributed by atoms with Crippen LogP contribution >= 0.6 is 0 Å². The molecule has 1 heteroatoms. The molecule has 1 saturated carbocycles. The Bertz CT molecular complexity index is 668. The van der Waals surface area contributed by atoms with Gasteiger partial charge < -0.3 is 0 Å². The first kappa shape index (κ1) is 17.9. The topological polar surface area (TPSA) is 0 Å². The number of hydrogen-bond acceptors (Lipinski definition) is 0. The maximum atomic E-state index is 14.9. The molecule has 0 N–H and O–H groups in total. The van der Waals surface area contributed by atoms with E-state index in [9.17, 15) is 4.39 Å². The summed E-state index contributed by atoms with van der Waals surface area (Å²) in [4.78, 5) is 0. The zero-order valence-corrected chi connectivity index (χ0v) is 15.3. The van der Waals surface area contributed by atoms with Gasteiger partial charge in [-0.1, -0.05) is 61.5 Å². The van der Waals surface area contributed by atoms with Crippen LogP contribution in [0.25, 0.3) is 0 Å². The minimum absolute atomic E-state index is 0.0552. The second kappa shape index (κ2) is 8.47. The highest BCUT2D eigenvalue weighted by molar-refractivity contribution is 5.30. The van der Waals surface area contributed by atoms with Crippen LogP contribution < -0.4 is 0 Å². The summed E-state index contributed by atoms with van der Waals surface area (Å²) < 4.78 is 14.9. The zero-order chi connectivity index (χ0) is 17.6. The van der Waals surface area contributed by atoms with Crippen LogP contribution in [0.1, 0.15) is 66.7 Å². The third-order valence-corrected chi connectivity index (χ3v) is 5.68. The normalized spacial score (nSPS) is 23.4. The van der Waals surface area contributed by atoms with Crippen LogP contribution in [0.15, 0.2) is 61.2 Å². The maximum absolute atomic E-state index is 14.9. The van der Waals surface area contributed by atoms with Gasteiger partial charge in [0.05, 0.1) is 0 Å². The van der Waals surface area contributed by atoms with Gasteiger partial charge in [0.2, 0.25) is 0 Å². The lowest BCUT2D eigenvalue weighted by molar-refractivity contribution is 0.198. The second-order valence-electron chi connectivity index (χ2n) is 7.30. The third-order valence-electron chi connectivity index (χ3n) is 5.68. The van der Waals surface area contributed by atoms with Crippen molar-refractivity contribution in [3.05, 3.63) is 83.4 Å². The SMILES string of the molecule is C=CCCc1ccc(C2CCC(c3ccc(CC)cc3)CC2F)cc1. The first-order chi connectivity index (χ1) is 12.2. The molecule has 25 heavy (non-hydrogen) atoms. The van der Waals surface area contributed by atoms with Crippen molar-refractivity contribution in [1.29, 1.82) is 0 Å². The monoisotopic (exact) mass is 336 g/mol. The van der Waals surface area contributed by atoms with Crippen molar-refractivity contribution in [2.24, 2.45) is 0 Å². The van der Waals surface area contributed by atoms with E-state index < -0.39 is 6.17 Å². The maximum Gasteiger partial charge on any atom is 0.108 e. The molecule has 0 aliphatic heterocycles. The number of hydrogen-bond donors (Lipinski definition) is 0. The molecule has 0 saturated heterocycles. The Morgan fingerprint density at radius 3 is 2.20 bits per heavy atom. The molecular weight excluding hydrogens is 307 g/mol. The molecule has 0 radical (unpaired) electrons. The minimum atomic E-state index is -0.747. The van der Waals surface area contributed by atoms with Crippen LogP contribution in [0.4, 0.5) is 4.39 Å². The van der Waals surface area contributed by atoms with Crippen LogP contribution in [-0.4, -0.2) is 6.17 Å². The molecular formula is C24H29F. The Morgan fingerprint density at radius 2 is 1.60 bits per heavy atom. The van der Waals surface area contributed by atoms with Crippen LogP contribution in [0.5, 0.6) is 0 Å². The molecule has 3 rings (SSSR count). The number of alkyl halides is 1. The lowest BCUT2D eigenvalue weighted by Gasteiger charge is -2.32. The van der Waals surface area contributed by atoms with Crippen molar-refractivity contribution in [1.82, 2.24) is 0 Å². The average Bonchev–Trinajstić information content (AvgIpc) is 2.67. The summed E-state index contributed by atoms with van der Waals surface area (Å²) in [6.45, 7) is 5.94. The molecule has 0 heterocycles. The van der Waals surface area contributed by atoms with Crippen molar-refractivity contribution in [3.8, 4) is 0 Å². The van der Waals surface area contributed by atoms with Gasteiger partial charge in [-0.05, 0) is 66.7 Å². The predicted octanol–water partition coefficient (Wildman–Crippen LogP) is 6.76. The first-order valence-electron chi connectivity index (χ1n) is 9.64. The number of allylic oxidation sites excluding steroid dienone is 1. The van der Waals surface area contributed by atoms with Gasteiger partial charge in [-0.2, -0.15) is 0 Å². The highest BCUT2D eigenvalue weighted by Crippen LogP contribution is 2.42. The molecule has 1 aliphatic carbocycles. The van der Waals surface area contributed by atoms with Gasteiger partial charge in [0.1, 0.15) is 6.17 Å². The van der Waals surface area contributed by atoms with Gasteiger partial charge in [0.25, 0.3) is 0 Å². The van der Waals surface area contributed by atoms with Gasteiger partial charge >= 0.3 is 0 Å². The summed E-state index contributed by atoms with van der Waals surface area (Å²) in [5, 5.41) is 0. The van der Waals surface area contributed by atoms with Crippen LogP contribution in [0, 0.1) is 0 Å². The molecule has 0 aromatic heterocycles. The Labute approximate surface area is 151 Å². The van der Waals surface area contributed by atoms with E-state index in [1.807, 2.05) is 6.08 Å². The van der Waals surface area contributed by atoms with Gasteiger partial charge in [-0.25, -0.2) is 4.39 Å². The Kier molecular flexibility index (Phi) is 6.07. The van der Waals surface area contributed by atoms with Crippen molar-refractivity contribution < 1.29 is 4.39 Å². The van der Waals surface area contributed by atoms with E-state index in [0.717, 1.165) is 37.7 Å². The van der Waals surface area contributed by atoms with Crippen LogP contribution in [0.2, 0.25) is 0 Å². The number of halogens is 1. The molecule has 132 valence electrons. The smallest absolute Gasteiger partial charge is 0.108 e. The number of rotatable bonds is 6. The first-order valence-corrected chi connectivity index (χ1v) is 9.64. The van der Waals surface area contributed by atoms with E-state index in [4.69, 9.17) is 0 Å². The quantitative estimate of drug-likeness (QED) is 0.511. The zero-order valence-electron chi connectivity index (χ0n) is 15.3. The standard InChI is InChI=1S/C24H29F/c1-3-5-6-19-9-13-21(14-10-19)23-16-15-22(17-24(23)25)20-11-7-18(4-2)8-12-20/h3,7-14,22-24H,1,4-6,15-17H2,2H3. The van der Waals surface area contributed by atoms with Crippen LogP contribution in [-0.2, 0) is 12.8 Å². The van der Waals surface area contributed by atoms with Crippen molar-refractivity contribution in [3.63, 3.8) is 0 Å².